The number of carbonyl (C=O) groups is 1. The molecule has 0 aromatic heterocycles. The Morgan fingerprint density at radius 1 is 1.18 bits per heavy atom. The van der Waals surface area contributed by atoms with Crippen molar-refractivity contribution in [2.75, 3.05) is 11.9 Å². The van der Waals surface area contributed by atoms with Crippen LogP contribution in [0.5, 0.6) is 0 Å². The van der Waals surface area contributed by atoms with E-state index in [-0.39, 0.29) is 0 Å². The van der Waals surface area contributed by atoms with Crippen LogP contribution in [0.1, 0.15) is 51.9 Å². The smallest absolute Gasteiger partial charge is 0.225 e. The van der Waals surface area contributed by atoms with Gasteiger partial charge in [0.05, 0.1) is 0 Å². The van der Waals surface area contributed by atoms with Crippen molar-refractivity contribution >= 4 is 21.8 Å². The fourth-order valence-corrected chi connectivity index (χ4v) is 3.39. The number of hydrogen-bond donors (Lipinski definition) is 0. The molecule has 0 heterocycles. The van der Waals surface area contributed by atoms with E-state index in [9.17, 15) is 4.79 Å². The lowest BCUT2D eigenvalue weighted by atomic mass is 9.81. The van der Waals surface area contributed by atoms with E-state index < -0.39 is 0 Å². The molecule has 2 saturated carbocycles. The lowest BCUT2D eigenvalue weighted by molar-refractivity contribution is -0.140. The Morgan fingerprint density at radius 2 is 1.82 bits per heavy atom. The molecule has 0 aromatic carbocycles. The van der Waals surface area contributed by atoms with Crippen LogP contribution in [0, 0.1) is 11.8 Å². The molecule has 0 aromatic rings. The zero-order chi connectivity index (χ0) is 12.3. The molecule has 3 heteroatoms. The second-order valence-electron chi connectivity index (χ2n) is 5.76. The first-order valence-corrected chi connectivity index (χ1v) is 8.21. The topological polar surface area (TPSA) is 20.3 Å². The minimum Gasteiger partial charge on any atom is -0.339 e. The summed E-state index contributed by atoms with van der Waals surface area (Å²) >= 11 is 3.48. The molecule has 2 aliphatic carbocycles. The Labute approximate surface area is 113 Å². The highest BCUT2D eigenvalue weighted by Gasteiger charge is 2.33. The van der Waals surface area contributed by atoms with E-state index >= 15 is 0 Å². The number of rotatable bonds is 4. The van der Waals surface area contributed by atoms with Gasteiger partial charge in [-0.15, -0.1) is 0 Å². The van der Waals surface area contributed by atoms with E-state index in [2.05, 4.69) is 27.8 Å². The van der Waals surface area contributed by atoms with Crippen molar-refractivity contribution in [1.29, 1.82) is 0 Å². The summed E-state index contributed by atoms with van der Waals surface area (Å²) in [5.41, 5.74) is 0. The van der Waals surface area contributed by atoms with Gasteiger partial charge in [0, 0.05) is 23.8 Å². The van der Waals surface area contributed by atoms with Crippen LogP contribution < -0.4 is 0 Å². The third-order valence-corrected chi connectivity index (χ3v) is 4.84. The summed E-state index contributed by atoms with van der Waals surface area (Å²) in [5, 5.41) is 0.915. The van der Waals surface area contributed by atoms with Gasteiger partial charge in [-0.2, -0.15) is 0 Å². The summed E-state index contributed by atoms with van der Waals surface area (Å²) in [6, 6.07) is 0.555. The summed E-state index contributed by atoms with van der Waals surface area (Å²) in [6.07, 6.45) is 8.46. The third-order valence-electron chi connectivity index (χ3n) is 4.49. The van der Waals surface area contributed by atoms with Gasteiger partial charge in [-0.25, -0.2) is 0 Å². The number of carbonyl (C=O) groups excluding carboxylic acids is 1. The van der Waals surface area contributed by atoms with Crippen LogP contribution in [0.25, 0.3) is 0 Å². The maximum Gasteiger partial charge on any atom is 0.225 e. The van der Waals surface area contributed by atoms with Crippen molar-refractivity contribution < 1.29 is 4.79 Å². The van der Waals surface area contributed by atoms with Crippen LogP contribution in [0.2, 0.25) is 0 Å². The van der Waals surface area contributed by atoms with Gasteiger partial charge in [0.2, 0.25) is 5.91 Å². The van der Waals surface area contributed by atoms with Crippen LogP contribution in [-0.2, 0) is 4.79 Å². The van der Waals surface area contributed by atoms with Crippen molar-refractivity contribution in [3.63, 3.8) is 0 Å². The fraction of sp³-hybridized carbons (Fsp3) is 0.929. The predicted octanol–water partition coefficient (Wildman–Crippen LogP) is 3.59. The summed E-state index contributed by atoms with van der Waals surface area (Å²) in [7, 11) is 0. The number of alkyl halides is 1. The maximum atomic E-state index is 12.5. The number of halogens is 1. The standard InChI is InChI=1S/C14H24BrNO/c1-11-5-7-12(8-6-11)14(17)16(10-9-15)13-3-2-4-13/h11-13H,2-10H2,1H3. The van der Waals surface area contributed by atoms with Gasteiger partial charge in [-0.1, -0.05) is 22.9 Å². The van der Waals surface area contributed by atoms with E-state index in [1.165, 1.54) is 32.1 Å². The highest BCUT2D eigenvalue weighted by atomic mass is 79.9. The summed E-state index contributed by atoms with van der Waals surface area (Å²) in [4.78, 5) is 14.7. The second-order valence-corrected chi connectivity index (χ2v) is 6.56. The van der Waals surface area contributed by atoms with Crippen molar-refractivity contribution in [1.82, 2.24) is 4.90 Å². The molecule has 17 heavy (non-hydrogen) atoms. The monoisotopic (exact) mass is 301 g/mol. The van der Waals surface area contributed by atoms with Gasteiger partial charge in [0.15, 0.2) is 0 Å². The minimum absolute atomic E-state index is 0.325. The Bertz CT molecular complexity index is 257. The molecule has 98 valence electrons. The van der Waals surface area contributed by atoms with E-state index in [1.807, 2.05) is 0 Å². The lowest BCUT2D eigenvalue weighted by Gasteiger charge is -2.40. The van der Waals surface area contributed by atoms with E-state index in [4.69, 9.17) is 0 Å². The molecular weight excluding hydrogens is 278 g/mol. The van der Waals surface area contributed by atoms with Crippen molar-refractivity contribution in [3.8, 4) is 0 Å². The van der Waals surface area contributed by atoms with Crippen molar-refractivity contribution in [2.45, 2.75) is 57.9 Å². The Balaban J connectivity index is 1.90. The summed E-state index contributed by atoms with van der Waals surface area (Å²) in [6.45, 7) is 3.21. The first-order valence-electron chi connectivity index (χ1n) is 7.08. The third kappa shape index (κ3) is 3.24. The molecule has 0 radical (unpaired) electrons. The molecule has 0 spiro atoms. The molecule has 0 saturated heterocycles. The molecule has 2 fully saturated rings. The predicted molar refractivity (Wildman–Crippen MR) is 74.3 cm³/mol. The molecule has 2 nitrogen and oxygen atoms in total. The van der Waals surface area contributed by atoms with Crippen molar-refractivity contribution in [2.24, 2.45) is 11.8 Å². The second kappa shape index (κ2) is 6.21. The van der Waals surface area contributed by atoms with E-state index in [0.717, 1.165) is 30.6 Å². The van der Waals surface area contributed by atoms with Gasteiger partial charge >= 0.3 is 0 Å². The van der Waals surface area contributed by atoms with Gasteiger partial charge in [0.25, 0.3) is 0 Å². The van der Waals surface area contributed by atoms with E-state index in [0.29, 0.717) is 17.9 Å². The van der Waals surface area contributed by atoms with Gasteiger partial charge in [0.1, 0.15) is 0 Å². The minimum atomic E-state index is 0.325. The van der Waals surface area contributed by atoms with Gasteiger partial charge in [-0.05, 0) is 50.9 Å². The first kappa shape index (κ1) is 13.4. The first-order chi connectivity index (χ1) is 8.22. The Hall–Kier alpha value is -0.0500. The van der Waals surface area contributed by atoms with Gasteiger partial charge < -0.3 is 4.90 Å². The summed E-state index contributed by atoms with van der Waals surface area (Å²) < 4.78 is 0. The van der Waals surface area contributed by atoms with Gasteiger partial charge in [-0.3, -0.25) is 4.79 Å². The van der Waals surface area contributed by atoms with Crippen LogP contribution in [-0.4, -0.2) is 28.7 Å². The number of nitrogens with zero attached hydrogens (tertiary/aromatic N) is 1. The average molecular weight is 302 g/mol. The maximum absolute atomic E-state index is 12.5. The molecule has 2 aliphatic rings. The van der Waals surface area contributed by atoms with Crippen LogP contribution in [0.4, 0.5) is 0 Å². The molecule has 1 amide bonds. The molecule has 0 aliphatic heterocycles. The largest absolute Gasteiger partial charge is 0.339 e. The normalized spacial score (nSPS) is 29.8. The number of hydrogen-bond acceptors (Lipinski definition) is 1. The average Bonchev–Trinajstić information content (AvgIpc) is 2.26. The van der Waals surface area contributed by atoms with Crippen LogP contribution in [0.3, 0.4) is 0 Å². The zero-order valence-corrected chi connectivity index (χ0v) is 12.4. The Morgan fingerprint density at radius 3 is 2.29 bits per heavy atom. The quantitative estimate of drug-likeness (QED) is 0.727. The van der Waals surface area contributed by atoms with E-state index in [1.54, 1.807) is 0 Å². The highest BCUT2D eigenvalue weighted by Crippen LogP contribution is 2.32. The molecule has 2 rings (SSSR count). The highest BCUT2D eigenvalue weighted by molar-refractivity contribution is 9.09. The zero-order valence-electron chi connectivity index (χ0n) is 10.8. The Kier molecular flexibility index (Phi) is 4.89. The molecule has 0 bridgehead atoms. The van der Waals surface area contributed by atoms with Crippen molar-refractivity contribution in [3.05, 3.63) is 0 Å². The molecule has 0 unspecified atom stereocenters. The number of amides is 1. The van der Waals surface area contributed by atoms with Crippen LogP contribution >= 0.6 is 15.9 Å². The molecular formula is C14H24BrNO. The van der Waals surface area contributed by atoms with Crippen LogP contribution in [0.15, 0.2) is 0 Å². The fourth-order valence-electron chi connectivity index (χ4n) is 3.00. The lowest BCUT2D eigenvalue weighted by Crippen LogP contribution is -2.48. The molecule has 0 atom stereocenters. The SMILES string of the molecule is CC1CCC(C(=O)N(CCBr)C2CCC2)CC1. The summed E-state index contributed by atoms with van der Waals surface area (Å²) in [5.74, 6) is 1.60. The molecule has 0 N–H and O–H groups in total.